The number of amides is 1. The Morgan fingerprint density at radius 1 is 1.54 bits per heavy atom. The first-order chi connectivity index (χ1) is 5.97. The maximum atomic E-state index is 11.1. The molecule has 2 atom stereocenters. The van der Waals surface area contributed by atoms with Crippen molar-refractivity contribution in [3.63, 3.8) is 0 Å². The van der Waals surface area contributed by atoms with E-state index in [2.05, 4.69) is 5.32 Å². The Hall–Kier alpha value is -0.770. The Kier molecular flexibility index (Phi) is 5.46. The molecular formula is C8H14ClNO3. The summed E-state index contributed by atoms with van der Waals surface area (Å²) in [5.41, 5.74) is 0. The number of nitrogens with one attached hydrogen (secondary N) is 1. The number of carboxylic acids is 1. The largest absolute Gasteiger partial charge is 0.481 e. The van der Waals surface area contributed by atoms with E-state index >= 15 is 0 Å². The maximum Gasteiger partial charge on any atom is 0.305 e. The van der Waals surface area contributed by atoms with Gasteiger partial charge in [-0.15, -0.1) is 11.6 Å². The second kappa shape index (κ2) is 5.80. The Morgan fingerprint density at radius 3 is 2.38 bits per heavy atom. The van der Waals surface area contributed by atoms with Gasteiger partial charge in [0.05, 0.1) is 6.42 Å². The SMILES string of the molecule is CCC(CC(=O)O)NC(=O)C(C)Cl. The fourth-order valence-corrected chi connectivity index (χ4v) is 0.887. The summed E-state index contributed by atoms with van der Waals surface area (Å²) in [5.74, 6) is -1.25. The second-order valence-electron chi connectivity index (χ2n) is 2.83. The van der Waals surface area contributed by atoms with Crippen molar-refractivity contribution in [2.45, 2.75) is 38.1 Å². The molecule has 0 aromatic rings. The van der Waals surface area contributed by atoms with Crippen LogP contribution in [0.2, 0.25) is 0 Å². The molecule has 0 heterocycles. The highest BCUT2D eigenvalue weighted by atomic mass is 35.5. The summed E-state index contributed by atoms with van der Waals surface area (Å²) < 4.78 is 0. The zero-order chi connectivity index (χ0) is 10.4. The van der Waals surface area contributed by atoms with Crippen LogP contribution in [0.4, 0.5) is 0 Å². The monoisotopic (exact) mass is 207 g/mol. The molecule has 0 aliphatic rings. The van der Waals surface area contributed by atoms with Crippen molar-refractivity contribution in [1.82, 2.24) is 5.32 Å². The average Bonchev–Trinajstić information content (AvgIpc) is 2.02. The van der Waals surface area contributed by atoms with Crippen molar-refractivity contribution in [2.24, 2.45) is 0 Å². The molecule has 0 bridgehead atoms. The van der Waals surface area contributed by atoms with Crippen LogP contribution in [-0.4, -0.2) is 28.4 Å². The summed E-state index contributed by atoms with van der Waals surface area (Å²) >= 11 is 5.51. The number of carbonyl (C=O) groups is 2. The third kappa shape index (κ3) is 5.47. The lowest BCUT2D eigenvalue weighted by molar-refractivity contribution is -0.137. The quantitative estimate of drug-likeness (QED) is 0.661. The number of alkyl halides is 1. The van der Waals surface area contributed by atoms with Gasteiger partial charge in [0, 0.05) is 6.04 Å². The molecule has 13 heavy (non-hydrogen) atoms. The van der Waals surface area contributed by atoms with Crippen LogP contribution in [0.5, 0.6) is 0 Å². The number of carbonyl (C=O) groups excluding carboxylic acids is 1. The first kappa shape index (κ1) is 12.2. The van der Waals surface area contributed by atoms with Crippen molar-refractivity contribution < 1.29 is 14.7 Å². The van der Waals surface area contributed by atoms with Crippen LogP contribution in [0.15, 0.2) is 0 Å². The number of hydrogen-bond donors (Lipinski definition) is 2. The van der Waals surface area contributed by atoms with Crippen LogP contribution in [0.3, 0.4) is 0 Å². The molecular weight excluding hydrogens is 194 g/mol. The van der Waals surface area contributed by atoms with Crippen molar-refractivity contribution in [1.29, 1.82) is 0 Å². The molecule has 5 heteroatoms. The summed E-state index contributed by atoms with van der Waals surface area (Å²) in [5, 5.41) is 10.4. The van der Waals surface area contributed by atoms with Crippen LogP contribution in [-0.2, 0) is 9.59 Å². The summed E-state index contributed by atoms with van der Waals surface area (Å²) in [6.45, 7) is 3.36. The van der Waals surface area contributed by atoms with Gasteiger partial charge in [-0.25, -0.2) is 0 Å². The highest BCUT2D eigenvalue weighted by Crippen LogP contribution is 2.00. The molecule has 0 aromatic carbocycles. The molecule has 0 aliphatic carbocycles. The van der Waals surface area contributed by atoms with E-state index in [1.165, 1.54) is 0 Å². The number of rotatable bonds is 5. The predicted molar refractivity (Wildman–Crippen MR) is 49.8 cm³/mol. The van der Waals surface area contributed by atoms with Crippen molar-refractivity contribution in [3.8, 4) is 0 Å². The molecule has 4 nitrogen and oxygen atoms in total. The van der Waals surface area contributed by atoms with E-state index in [0.717, 1.165) is 0 Å². The topological polar surface area (TPSA) is 66.4 Å². The van der Waals surface area contributed by atoms with Gasteiger partial charge in [0.1, 0.15) is 5.38 Å². The van der Waals surface area contributed by atoms with Gasteiger partial charge in [-0.3, -0.25) is 9.59 Å². The van der Waals surface area contributed by atoms with Crippen LogP contribution in [0.1, 0.15) is 26.7 Å². The average molecular weight is 208 g/mol. The highest BCUT2D eigenvalue weighted by Gasteiger charge is 2.16. The maximum absolute atomic E-state index is 11.1. The van der Waals surface area contributed by atoms with Crippen LogP contribution in [0, 0.1) is 0 Å². The normalized spacial score (nSPS) is 14.7. The molecule has 0 aromatic heterocycles. The number of carboxylic acid groups (broad SMARTS) is 1. The molecule has 0 fully saturated rings. The summed E-state index contributed by atoms with van der Waals surface area (Å²) in [4.78, 5) is 21.4. The number of hydrogen-bond acceptors (Lipinski definition) is 2. The third-order valence-corrected chi connectivity index (χ3v) is 1.82. The van der Waals surface area contributed by atoms with E-state index in [4.69, 9.17) is 16.7 Å². The van der Waals surface area contributed by atoms with Crippen LogP contribution in [0.25, 0.3) is 0 Å². The molecule has 76 valence electrons. The standard InChI is InChI=1S/C8H14ClNO3/c1-3-6(4-7(11)12)10-8(13)5(2)9/h5-6H,3-4H2,1-2H3,(H,10,13)(H,11,12). The Labute approximate surface area is 82.3 Å². The summed E-state index contributed by atoms with van der Waals surface area (Å²) in [6, 6.07) is -0.328. The first-order valence-corrected chi connectivity index (χ1v) is 4.57. The number of halogens is 1. The number of aliphatic carboxylic acids is 1. The van der Waals surface area contributed by atoms with E-state index < -0.39 is 11.3 Å². The fourth-order valence-electron chi connectivity index (χ4n) is 0.824. The smallest absolute Gasteiger partial charge is 0.305 e. The molecule has 2 N–H and O–H groups in total. The molecule has 0 aliphatic heterocycles. The minimum atomic E-state index is -0.922. The van der Waals surface area contributed by atoms with Crippen molar-refractivity contribution in [3.05, 3.63) is 0 Å². The van der Waals surface area contributed by atoms with Gasteiger partial charge in [0.2, 0.25) is 5.91 Å². The molecule has 0 radical (unpaired) electrons. The molecule has 2 unspecified atom stereocenters. The van der Waals surface area contributed by atoms with E-state index in [0.29, 0.717) is 6.42 Å². The molecule has 0 rings (SSSR count). The van der Waals surface area contributed by atoms with Gasteiger partial charge in [-0.2, -0.15) is 0 Å². The Balaban J connectivity index is 3.97. The van der Waals surface area contributed by atoms with Crippen LogP contribution < -0.4 is 5.32 Å². The lowest BCUT2D eigenvalue weighted by atomic mass is 10.1. The van der Waals surface area contributed by atoms with Gasteiger partial charge in [0.15, 0.2) is 0 Å². The van der Waals surface area contributed by atoms with Gasteiger partial charge >= 0.3 is 5.97 Å². The second-order valence-corrected chi connectivity index (χ2v) is 3.48. The highest BCUT2D eigenvalue weighted by molar-refractivity contribution is 6.30. The fraction of sp³-hybridized carbons (Fsp3) is 0.750. The zero-order valence-corrected chi connectivity index (χ0v) is 8.47. The summed E-state index contributed by atoms with van der Waals surface area (Å²) in [6.07, 6.45) is 0.521. The minimum absolute atomic E-state index is 0.0636. The molecule has 0 saturated heterocycles. The van der Waals surface area contributed by atoms with Crippen LogP contribution >= 0.6 is 11.6 Å². The first-order valence-electron chi connectivity index (χ1n) is 4.13. The van der Waals surface area contributed by atoms with Gasteiger partial charge in [0.25, 0.3) is 0 Å². The lowest BCUT2D eigenvalue weighted by Crippen LogP contribution is -2.39. The minimum Gasteiger partial charge on any atom is -0.481 e. The van der Waals surface area contributed by atoms with Gasteiger partial charge < -0.3 is 10.4 Å². The molecule has 0 saturated carbocycles. The van der Waals surface area contributed by atoms with Gasteiger partial charge in [-0.1, -0.05) is 6.92 Å². The Bertz CT molecular complexity index is 194. The Morgan fingerprint density at radius 2 is 2.08 bits per heavy atom. The molecule has 0 spiro atoms. The lowest BCUT2D eigenvalue weighted by Gasteiger charge is -2.15. The van der Waals surface area contributed by atoms with E-state index in [1.54, 1.807) is 6.92 Å². The van der Waals surface area contributed by atoms with E-state index in [-0.39, 0.29) is 18.4 Å². The van der Waals surface area contributed by atoms with Crippen molar-refractivity contribution >= 4 is 23.5 Å². The third-order valence-electron chi connectivity index (χ3n) is 1.62. The zero-order valence-electron chi connectivity index (χ0n) is 7.71. The van der Waals surface area contributed by atoms with Gasteiger partial charge in [-0.05, 0) is 13.3 Å². The predicted octanol–water partition coefficient (Wildman–Crippen LogP) is 0.983. The summed E-state index contributed by atoms with van der Waals surface area (Å²) in [7, 11) is 0. The van der Waals surface area contributed by atoms with E-state index in [9.17, 15) is 9.59 Å². The van der Waals surface area contributed by atoms with Crippen molar-refractivity contribution in [2.75, 3.05) is 0 Å². The molecule has 1 amide bonds. The van der Waals surface area contributed by atoms with E-state index in [1.807, 2.05) is 6.92 Å².